The molecule has 1 aromatic rings. The molecular weight excluding hydrogens is 307 g/mol. The predicted octanol–water partition coefficient (Wildman–Crippen LogP) is 4.16. The summed E-state index contributed by atoms with van der Waals surface area (Å²) in [6.07, 6.45) is 4.38. The van der Waals surface area contributed by atoms with Crippen LogP contribution in [0.1, 0.15) is 30.9 Å². The molecule has 0 saturated heterocycles. The third-order valence-electron chi connectivity index (χ3n) is 3.91. The standard InChI is InChI=1S/C15H13I/c1-15(2)11-7-4-3-6-10(11)14-12(15)8-5-9-13(14)16/h5-11H,1-2H3. The van der Waals surface area contributed by atoms with Crippen LogP contribution < -0.4 is 0 Å². The van der Waals surface area contributed by atoms with Crippen molar-refractivity contribution in [2.75, 3.05) is 0 Å². The Kier molecular flexibility index (Phi) is 2.19. The van der Waals surface area contributed by atoms with Gasteiger partial charge in [0.1, 0.15) is 0 Å². The van der Waals surface area contributed by atoms with Crippen LogP contribution in [0.2, 0.25) is 0 Å². The first-order valence-electron chi connectivity index (χ1n) is 5.59. The molecule has 16 heavy (non-hydrogen) atoms. The fourth-order valence-electron chi connectivity index (χ4n) is 3.02. The average Bonchev–Trinajstić information content (AvgIpc) is 2.51. The molecule has 0 heterocycles. The zero-order chi connectivity index (χ0) is 11.3. The Balaban J connectivity index is 2.32. The van der Waals surface area contributed by atoms with Gasteiger partial charge in [-0.2, -0.15) is 0 Å². The minimum Gasteiger partial charge on any atom is -0.0746 e. The molecule has 2 aliphatic rings. The Hall–Kier alpha value is -0.750. The second-order valence-corrected chi connectivity index (χ2v) is 6.26. The van der Waals surface area contributed by atoms with Crippen LogP contribution in [0.15, 0.2) is 41.8 Å². The molecule has 0 spiro atoms. The van der Waals surface area contributed by atoms with Crippen LogP contribution in [0, 0.1) is 9.49 Å². The van der Waals surface area contributed by atoms with Crippen molar-refractivity contribution in [2.24, 2.45) is 5.92 Å². The van der Waals surface area contributed by atoms with E-state index in [0.29, 0.717) is 11.8 Å². The highest BCUT2D eigenvalue weighted by molar-refractivity contribution is 14.1. The summed E-state index contributed by atoms with van der Waals surface area (Å²) in [5.74, 6) is 1.04. The second-order valence-electron chi connectivity index (χ2n) is 5.10. The molecule has 2 aliphatic carbocycles. The molecule has 1 aromatic carbocycles. The second kappa shape index (κ2) is 3.37. The van der Waals surface area contributed by atoms with Gasteiger partial charge in [0.15, 0.2) is 0 Å². The maximum Gasteiger partial charge on any atom is 0.0191 e. The summed E-state index contributed by atoms with van der Waals surface area (Å²) in [6.45, 7) is 4.67. The molecule has 2 unspecified atom stereocenters. The van der Waals surface area contributed by atoms with Crippen molar-refractivity contribution in [3.8, 4) is 0 Å². The molecular formula is C15H13I. The summed E-state index contributed by atoms with van der Waals surface area (Å²) < 4.78 is 1.38. The smallest absolute Gasteiger partial charge is 0.0191 e. The van der Waals surface area contributed by atoms with Gasteiger partial charge >= 0.3 is 0 Å². The van der Waals surface area contributed by atoms with E-state index in [1.54, 1.807) is 0 Å². The fourth-order valence-corrected chi connectivity index (χ4v) is 3.88. The van der Waals surface area contributed by atoms with Gasteiger partial charge in [-0.1, -0.05) is 37.4 Å². The lowest BCUT2D eigenvalue weighted by Gasteiger charge is -2.27. The van der Waals surface area contributed by atoms with E-state index in [1.165, 1.54) is 14.7 Å². The van der Waals surface area contributed by atoms with Crippen molar-refractivity contribution in [3.63, 3.8) is 0 Å². The highest BCUT2D eigenvalue weighted by atomic mass is 127. The van der Waals surface area contributed by atoms with Crippen LogP contribution in [-0.4, -0.2) is 0 Å². The molecule has 80 valence electrons. The lowest BCUT2D eigenvalue weighted by atomic mass is 9.75. The Morgan fingerprint density at radius 2 is 1.94 bits per heavy atom. The Labute approximate surface area is 110 Å². The van der Waals surface area contributed by atoms with Crippen molar-refractivity contribution in [2.45, 2.75) is 25.2 Å². The van der Waals surface area contributed by atoms with Gasteiger partial charge in [0, 0.05) is 15.4 Å². The predicted molar refractivity (Wildman–Crippen MR) is 74.6 cm³/mol. The zero-order valence-corrected chi connectivity index (χ0v) is 11.6. The highest BCUT2D eigenvalue weighted by Crippen LogP contribution is 2.53. The molecule has 1 heteroatoms. The Bertz CT molecular complexity index is 553. The number of allylic oxidation sites excluding steroid dienone is 2. The van der Waals surface area contributed by atoms with Crippen LogP contribution in [0.3, 0.4) is 0 Å². The van der Waals surface area contributed by atoms with Crippen molar-refractivity contribution in [1.29, 1.82) is 0 Å². The van der Waals surface area contributed by atoms with Gasteiger partial charge in [0.05, 0.1) is 0 Å². The minimum absolute atomic E-state index is 0.215. The number of hydrogen-bond acceptors (Lipinski definition) is 0. The Morgan fingerprint density at radius 3 is 2.75 bits per heavy atom. The van der Waals surface area contributed by atoms with E-state index in [2.05, 4.69) is 78.3 Å². The lowest BCUT2D eigenvalue weighted by molar-refractivity contribution is 0.395. The number of rotatable bonds is 0. The fraction of sp³-hybridized carbons (Fsp3) is 0.333. The first-order valence-corrected chi connectivity index (χ1v) is 6.67. The minimum atomic E-state index is 0.215. The molecule has 0 nitrogen and oxygen atoms in total. The third kappa shape index (κ3) is 1.23. The van der Waals surface area contributed by atoms with Crippen LogP contribution in [-0.2, 0) is 5.41 Å². The third-order valence-corrected chi connectivity index (χ3v) is 4.85. The van der Waals surface area contributed by atoms with Crippen molar-refractivity contribution >= 4 is 22.6 Å². The van der Waals surface area contributed by atoms with Gasteiger partial charge in [-0.25, -0.2) is 0 Å². The van der Waals surface area contributed by atoms with E-state index in [4.69, 9.17) is 0 Å². The van der Waals surface area contributed by atoms with E-state index < -0.39 is 0 Å². The molecule has 0 aliphatic heterocycles. The molecule has 0 aromatic heterocycles. The molecule has 3 rings (SSSR count). The van der Waals surface area contributed by atoms with Crippen LogP contribution >= 0.6 is 22.6 Å². The molecule has 0 radical (unpaired) electrons. The molecule has 0 fully saturated rings. The van der Waals surface area contributed by atoms with Gasteiger partial charge in [0.2, 0.25) is 0 Å². The quantitative estimate of drug-likeness (QED) is 0.497. The summed E-state index contributed by atoms with van der Waals surface area (Å²) in [6, 6.07) is 6.64. The first kappa shape index (κ1) is 10.4. The molecule has 0 bridgehead atoms. The highest BCUT2D eigenvalue weighted by Gasteiger charge is 2.45. The number of benzene rings is 1. The normalized spacial score (nSPS) is 27.9. The van der Waals surface area contributed by atoms with Crippen molar-refractivity contribution in [3.05, 3.63) is 56.5 Å². The number of hydrogen-bond donors (Lipinski definition) is 0. The van der Waals surface area contributed by atoms with Gasteiger partial charge in [0.25, 0.3) is 0 Å². The monoisotopic (exact) mass is 320 g/mol. The lowest BCUT2D eigenvalue weighted by Crippen LogP contribution is -2.24. The SMILES string of the molecule is CC1(C)c2cccc(I)c2C2C=C=C=CC21. The summed E-state index contributed by atoms with van der Waals surface area (Å²) in [4.78, 5) is 0. The van der Waals surface area contributed by atoms with Gasteiger partial charge < -0.3 is 0 Å². The number of halogens is 1. The van der Waals surface area contributed by atoms with Crippen LogP contribution in [0.25, 0.3) is 0 Å². The average molecular weight is 320 g/mol. The van der Waals surface area contributed by atoms with E-state index in [9.17, 15) is 0 Å². The van der Waals surface area contributed by atoms with Crippen LogP contribution in [0.5, 0.6) is 0 Å². The zero-order valence-electron chi connectivity index (χ0n) is 9.42. The van der Waals surface area contributed by atoms with Gasteiger partial charge in [-0.15, -0.1) is 0 Å². The molecule has 0 saturated carbocycles. The maximum atomic E-state index is 3.13. The number of fused-ring (bicyclic) bond motifs is 3. The van der Waals surface area contributed by atoms with Gasteiger partial charge in [-0.3, -0.25) is 0 Å². The van der Waals surface area contributed by atoms with Crippen molar-refractivity contribution < 1.29 is 0 Å². The Morgan fingerprint density at radius 1 is 1.19 bits per heavy atom. The van der Waals surface area contributed by atoms with E-state index in [1.807, 2.05) is 0 Å². The molecule has 2 atom stereocenters. The summed E-state index contributed by atoms with van der Waals surface area (Å²) in [5, 5.41) is 0. The summed E-state index contributed by atoms with van der Waals surface area (Å²) in [5.41, 5.74) is 9.47. The van der Waals surface area contributed by atoms with E-state index in [0.717, 1.165) is 0 Å². The summed E-state index contributed by atoms with van der Waals surface area (Å²) >= 11 is 2.45. The van der Waals surface area contributed by atoms with Crippen LogP contribution in [0.4, 0.5) is 0 Å². The molecule has 0 amide bonds. The molecule has 0 N–H and O–H groups in total. The largest absolute Gasteiger partial charge is 0.0746 e. The van der Waals surface area contributed by atoms with E-state index in [-0.39, 0.29) is 5.41 Å². The van der Waals surface area contributed by atoms with Gasteiger partial charge in [-0.05, 0) is 57.4 Å². The summed E-state index contributed by atoms with van der Waals surface area (Å²) in [7, 11) is 0. The first-order chi connectivity index (χ1) is 7.62. The maximum absolute atomic E-state index is 3.13. The van der Waals surface area contributed by atoms with E-state index >= 15 is 0 Å². The topological polar surface area (TPSA) is 0 Å². The van der Waals surface area contributed by atoms with Crippen molar-refractivity contribution in [1.82, 2.24) is 0 Å².